The van der Waals surface area contributed by atoms with Crippen LogP contribution in [0.1, 0.15) is 258 Å². The molecule has 0 aliphatic heterocycles. The standard InChI is InChI=1S/C50H95NO5/c1-3-5-7-9-11-13-15-17-18-19-20-21-23-28-32-36-40-44-50(55)56-45-41-37-33-29-25-24-27-31-35-39-43-49(54)51-47(46-52)48(53)42-38-34-30-26-22-16-14-12-10-8-6-4-2/h17-18,25,29,47-48,52-53H,3-16,19-24,26-28,30-46H2,1-2H3,(H,51,54)/b18-17-,29-25-. The van der Waals surface area contributed by atoms with E-state index in [1.165, 1.54) is 148 Å². The maximum Gasteiger partial charge on any atom is 0.305 e. The lowest BCUT2D eigenvalue weighted by atomic mass is 10.0. The van der Waals surface area contributed by atoms with Crippen LogP contribution in [0.5, 0.6) is 0 Å². The first-order valence-electron chi connectivity index (χ1n) is 24.6. The fraction of sp³-hybridized carbons (Fsp3) is 0.880. The van der Waals surface area contributed by atoms with E-state index in [4.69, 9.17) is 4.74 Å². The normalized spacial score (nSPS) is 12.9. The van der Waals surface area contributed by atoms with Crippen molar-refractivity contribution in [1.29, 1.82) is 0 Å². The zero-order chi connectivity index (χ0) is 40.8. The smallest absolute Gasteiger partial charge is 0.305 e. The largest absolute Gasteiger partial charge is 0.466 e. The van der Waals surface area contributed by atoms with Gasteiger partial charge in [-0.15, -0.1) is 0 Å². The highest BCUT2D eigenvalue weighted by molar-refractivity contribution is 5.76. The van der Waals surface area contributed by atoms with Gasteiger partial charge in [0, 0.05) is 12.8 Å². The summed E-state index contributed by atoms with van der Waals surface area (Å²) in [7, 11) is 0. The van der Waals surface area contributed by atoms with E-state index < -0.39 is 12.1 Å². The van der Waals surface area contributed by atoms with Gasteiger partial charge in [-0.3, -0.25) is 9.59 Å². The minimum atomic E-state index is -0.684. The molecular formula is C50H95NO5. The first-order valence-corrected chi connectivity index (χ1v) is 24.6. The van der Waals surface area contributed by atoms with E-state index in [0.29, 0.717) is 25.9 Å². The second-order valence-electron chi connectivity index (χ2n) is 16.8. The molecule has 2 atom stereocenters. The zero-order valence-electron chi connectivity index (χ0n) is 37.4. The molecule has 1 amide bonds. The maximum absolute atomic E-state index is 12.4. The minimum Gasteiger partial charge on any atom is -0.466 e. The van der Waals surface area contributed by atoms with Crippen molar-refractivity contribution in [2.75, 3.05) is 13.2 Å². The topological polar surface area (TPSA) is 95.9 Å². The van der Waals surface area contributed by atoms with Gasteiger partial charge < -0.3 is 20.3 Å². The van der Waals surface area contributed by atoms with Crippen LogP contribution in [0, 0.1) is 0 Å². The van der Waals surface area contributed by atoms with E-state index in [9.17, 15) is 19.8 Å². The Bertz CT molecular complexity index is 874. The molecule has 0 radical (unpaired) electrons. The summed E-state index contributed by atoms with van der Waals surface area (Å²) >= 11 is 0. The summed E-state index contributed by atoms with van der Waals surface area (Å²) in [6, 6.07) is -0.565. The summed E-state index contributed by atoms with van der Waals surface area (Å²) in [5, 5.41) is 23.1. The first-order chi connectivity index (χ1) is 27.5. The van der Waals surface area contributed by atoms with Gasteiger partial charge in [0.15, 0.2) is 0 Å². The minimum absolute atomic E-state index is 0.0402. The highest BCUT2D eigenvalue weighted by Crippen LogP contribution is 2.15. The summed E-state index contributed by atoms with van der Waals surface area (Å²) < 4.78 is 5.43. The number of carbonyl (C=O) groups is 2. The average molecular weight is 790 g/mol. The Morgan fingerprint density at radius 2 is 0.839 bits per heavy atom. The van der Waals surface area contributed by atoms with Crippen LogP contribution in [0.3, 0.4) is 0 Å². The summed E-state index contributed by atoms with van der Waals surface area (Å²) in [6.45, 7) is 4.85. The third-order valence-electron chi connectivity index (χ3n) is 11.2. The van der Waals surface area contributed by atoms with E-state index in [1.807, 2.05) is 0 Å². The molecular weight excluding hydrogens is 695 g/mol. The maximum atomic E-state index is 12.4. The quantitative estimate of drug-likeness (QED) is 0.0324. The van der Waals surface area contributed by atoms with Gasteiger partial charge in [0.1, 0.15) is 0 Å². The van der Waals surface area contributed by atoms with E-state index in [0.717, 1.165) is 77.0 Å². The highest BCUT2D eigenvalue weighted by atomic mass is 16.5. The molecule has 0 aliphatic carbocycles. The molecule has 6 nitrogen and oxygen atoms in total. The number of aliphatic hydroxyl groups is 2. The molecule has 2 unspecified atom stereocenters. The number of esters is 1. The van der Waals surface area contributed by atoms with Gasteiger partial charge in [-0.05, 0) is 77.0 Å². The summed E-state index contributed by atoms with van der Waals surface area (Å²) in [4.78, 5) is 24.4. The fourth-order valence-electron chi connectivity index (χ4n) is 7.39. The van der Waals surface area contributed by atoms with Crippen molar-refractivity contribution in [2.45, 2.75) is 270 Å². The van der Waals surface area contributed by atoms with Crippen molar-refractivity contribution >= 4 is 11.9 Å². The monoisotopic (exact) mass is 790 g/mol. The number of nitrogens with one attached hydrogen (secondary N) is 1. The summed E-state index contributed by atoms with van der Waals surface area (Å²) in [5.41, 5.74) is 0. The lowest BCUT2D eigenvalue weighted by Crippen LogP contribution is -2.45. The van der Waals surface area contributed by atoms with Crippen molar-refractivity contribution in [1.82, 2.24) is 5.32 Å². The van der Waals surface area contributed by atoms with Crippen molar-refractivity contribution in [3.8, 4) is 0 Å². The molecule has 0 bridgehead atoms. The molecule has 0 aromatic rings. The molecule has 3 N–H and O–H groups in total. The predicted molar refractivity (Wildman–Crippen MR) is 241 cm³/mol. The third kappa shape index (κ3) is 42.0. The van der Waals surface area contributed by atoms with Gasteiger partial charge in [-0.2, -0.15) is 0 Å². The van der Waals surface area contributed by atoms with Gasteiger partial charge in [-0.25, -0.2) is 0 Å². The van der Waals surface area contributed by atoms with Crippen LogP contribution in [0.25, 0.3) is 0 Å². The Hall–Kier alpha value is -1.66. The zero-order valence-corrected chi connectivity index (χ0v) is 37.4. The van der Waals surface area contributed by atoms with Crippen LogP contribution in [-0.2, 0) is 14.3 Å². The number of aliphatic hydroxyl groups excluding tert-OH is 2. The number of ether oxygens (including phenoxy) is 1. The number of amides is 1. The molecule has 0 aliphatic rings. The molecule has 330 valence electrons. The molecule has 56 heavy (non-hydrogen) atoms. The van der Waals surface area contributed by atoms with Crippen LogP contribution < -0.4 is 5.32 Å². The lowest BCUT2D eigenvalue weighted by Gasteiger charge is -2.22. The van der Waals surface area contributed by atoms with Crippen molar-refractivity contribution in [3.63, 3.8) is 0 Å². The predicted octanol–water partition coefficient (Wildman–Crippen LogP) is 14.3. The van der Waals surface area contributed by atoms with Crippen molar-refractivity contribution in [2.24, 2.45) is 0 Å². The average Bonchev–Trinajstić information content (AvgIpc) is 3.20. The van der Waals surface area contributed by atoms with E-state index in [2.05, 4.69) is 43.5 Å². The molecule has 0 spiro atoms. The van der Waals surface area contributed by atoms with Crippen LogP contribution in [0.4, 0.5) is 0 Å². The van der Waals surface area contributed by atoms with Gasteiger partial charge in [0.05, 0.1) is 25.4 Å². The van der Waals surface area contributed by atoms with Crippen LogP contribution in [-0.4, -0.2) is 47.4 Å². The second kappa shape index (κ2) is 46.0. The Kier molecular flexibility index (Phi) is 44.7. The van der Waals surface area contributed by atoms with E-state index in [1.54, 1.807) is 0 Å². The fourth-order valence-corrected chi connectivity index (χ4v) is 7.39. The van der Waals surface area contributed by atoms with Gasteiger partial charge in [0.25, 0.3) is 0 Å². The molecule has 6 heteroatoms. The highest BCUT2D eigenvalue weighted by Gasteiger charge is 2.20. The van der Waals surface area contributed by atoms with Gasteiger partial charge >= 0.3 is 5.97 Å². The van der Waals surface area contributed by atoms with Crippen LogP contribution in [0.2, 0.25) is 0 Å². The molecule has 0 saturated carbocycles. The molecule has 0 aromatic carbocycles. The number of allylic oxidation sites excluding steroid dienone is 4. The molecule has 0 aromatic heterocycles. The van der Waals surface area contributed by atoms with Crippen molar-refractivity contribution < 1.29 is 24.5 Å². The lowest BCUT2D eigenvalue weighted by molar-refractivity contribution is -0.143. The molecule has 0 heterocycles. The Morgan fingerprint density at radius 3 is 1.27 bits per heavy atom. The van der Waals surface area contributed by atoms with Crippen molar-refractivity contribution in [3.05, 3.63) is 24.3 Å². The summed E-state index contributed by atoms with van der Waals surface area (Å²) in [6.07, 6.45) is 52.9. The third-order valence-corrected chi connectivity index (χ3v) is 11.2. The number of hydrogen-bond donors (Lipinski definition) is 3. The number of hydrogen-bond acceptors (Lipinski definition) is 5. The first kappa shape index (κ1) is 54.3. The van der Waals surface area contributed by atoms with E-state index >= 15 is 0 Å². The number of carbonyl (C=O) groups excluding carboxylic acids is 2. The molecule has 0 saturated heterocycles. The second-order valence-corrected chi connectivity index (χ2v) is 16.8. The van der Waals surface area contributed by atoms with Crippen LogP contribution in [0.15, 0.2) is 24.3 Å². The molecule has 0 fully saturated rings. The van der Waals surface area contributed by atoms with Crippen LogP contribution >= 0.6 is 0 Å². The summed E-state index contributed by atoms with van der Waals surface area (Å²) in [5.74, 6) is -0.112. The Morgan fingerprint density at radius 1 is 0.482 bits per heavy atom. The SMILES string of the molecule is CCCCCCCC/C=C\CCCCCCCCCC(=O)OCCCC/C=C\CCCCCCC(=O)NC(CO)C(O)CCCCCCCCCCCCCC. The van der Waals surface area contributed by atoms with Gasteiger partial charge in [0.2, 0.25) is 5.91 Å². The van der Waals surface area contributed by atoms with Gasteiger partial charge in [-0.1, -0.05) is 192 Å². The Balaban J connectivity index is 3.52. The van der Waals surface area contributed by atoms with E-state index in [-0.39, 0.29) is 18.5 Å². The number of unbranched alkanes of at least 4 members (excludes halogenated alkanes) is 30. The molecule has 0 rings (SSSR count). The Labute approximate surface area is 348 Å². The number of rotatable bonds is 45.